The number of carbonyl (C=O) groups excluding carboxylic acids is 2. The lowest BCUT2D eigenvalue weighted by atomic mass is 10.1. The van der Waals surface area contributed by atoms with Gasteiger partial charge in [-0.2, -0.15) is 0 Å². The monoisotopic (exact) mass is 530 g/mol. The van der Waals surface area contributed by atoms with Gasteiger partial charge in [0.15, 0.2) is 0 Å². The van der Waals surface area contributed by atoms with Gasteiger partial charge in [-0.15, -0.1) is 0 Å². The molecule has 4 N–H and O–H groups in total. The summed E-state index contributed by atoms with van der Waals surface area (Å²) >= 11 is 0. The minimum absolute atomic E-state index is 0.0458. The summed E-state index contributed by atoms with van der Waals surface area (Å²) in [5.41, 5.74) is 5.38. The Kier molecular flexibility index (Phi) is 32.5. The molecule has 0 aromatic heterocycles. The van der Waals surface area contributed by atoms with Crippen molar-refractivity contribution in [3.05, 3.63) is 0 Å². The number of amides is 1. The maximum atomic E-state index is 11.4. The topological polar surface area (TPSA) is 128 Å². The Morgan fingerprint density at radius 3 is 1.43 bits per heavy atom. The molecule has 220 valence electrons. The molecule has 8 heteroatoms. The van der Waals surface area contributed by atoms with E-state index in [-0.39, 0.29) is 11.9 Å². The van der Waals surface area contributed by atoms with Gasteiger partial charge < -0.3 is 25.6 Å². The van der Waals surface area contributed by atoms with Gasteiger partial charge in [0.2, 0.25) is 0 Å². The zero-order valence-electron chi connectivity index (χ0n) is 24.0. The van der Waals surface area contributed by atoms with Crippen molar-refractivity contribution in [3.8, 4) is 0 Å². The van der Waals surface area contributed by atoms with Crippen LogP contribution < -0.4 is 11.1 Å². The minimum atomic E-state index is -0.997. The Labute approximate surface area is 226 Å². The third-order valence-electron chi connectivity index (χ3n) is 5.94. The first kappa shape index (κ1) is 37.3. The average Bonchev–Trinajstić information content (AvgIpc) is 2.88. The highest BCUT2D eigenvalue weighted by Gasteiger charge is 2.03. The molecule has 37 heavy (non-hydrogen) atoms. The van der Waals surface area contributed by atoms with Crippen molar-refractivity contribution < 1.29 is 29.0 Å². The van der Waals surface area contributed by atoms with E-state index in [1.54, 1.807) is 0 Å². The fourth-order valence-corrected chi connectivity index (χ4v) is 3.64. The maximum absolute atomic E-state index is 11.4. The average molecular weight is 531 g/mol. The number of carboxylic acid groups (broad SMARTS) is 1. The lowest BCUT2D eigenvalue weighted by molar-refractivity contribution is -0.144. The third-order valence-corrected chi connectivity index (χ3v) is 5.94. The van der Waals surface area contributed by atoms with Gasteiger partial charge in [-0.05, 0) is 45.1 Å². The van der Waals surface area contributed by atoms with Gasteiger partial charge in [0.1, 0.15) is 0 Å². The Hall–Kier alpha value is -1.83. The van der Waals surface area contributed by atoms with Crippen LogP contribution in [0.2, 0.25) is 0 Å². The molecule has 0 rings (SSSR count). The summed E-state index contributed by atoms with van der Waals surface area (Å²) in [5, 5.41) is 10.7. The first-order valence-corrected chi connectivity index (χ1v) is 15.0. The number of rotatable bonds is 25. The van der Waals surface area contributed by atoms with Gasteiger partial charge in [-0.25, -0.2) is 4.79 Å². The summed E-state index contributed by atoms with van der Waals surface area (Å²) in [6.07, 6.45) is 19.8. The summed E-state index contributed by atoms with van der Waals surface area (Å²) in [6.45, 7) is 6.70. The maximum Gasteiger partial charge on any atom is 0.404 e. The second-order valence-corrected chi connectivity index (χ2v) is 9.62. The molecule has 0 aromatic rings. The SMILES string of the molecule is CCCCCCCCOC(=O)CCCCCN.CCCCCCCCOC(=O)CCCCCNC(=O)O. The van der Waals surface area contributed by atoms with Crippen LogP contribution in [0.15, 0.2) is 0 Å². The van der Waals surface area contributed by atoms with Crippen molar-refractivity contribution in [2.24, 2.45) is 5.73 Å². The second-order valence-electron chi connectivity index (χ2n) is 9.62. The number of nitrogens with two attached hydrogens (primary N) is 1. The Morgan fingerprint density at radius 1 is 0.595 bits per heavy atom. The molecule has 0 aliphatic heterocycles. The van der Waals surface area contributed by atoms with Crippen LogP contribution >= 0.6 is 0 Å². The van der Waals surface area contributed by atoms with E-state index < -0.39 is 6.09 Å². The number of esters is 2. The third kappa shape index (κ3) is 36.4. The fourth-order valence-electron chi connectivity index (χ4n) is 3.64. The summed E-state index contributed by atoms with van der Waals surface area (Å²) in [6, 6.07) is 0. The Bertz CT molecular complexity index is 517. The molecule has 0 saturated carbocycles. The molecule has 1 amide bonds. The normalized spacial score (nSPS) is 10.4. The first-order chi connectivity index (χ1) is 18.0. The summed E-state index contributed by atoms with van der Waals surface area (Å²) in [7, 11) is 0. The van der Waals surface area contributed by atoms with Crippen molar-refractivity contribution >= 4 is 18.0 Å². The highest BCUT2D eigenvalue weighted by molar-refractivity contribution is 5.69. The van der Waals surface area contributed by atoms with E-state index >= 15 is 0 Å². The Morgan fingerprint density at radius 2 is 1.00 bits per heavy atom. The number of ether oxygens (including phenoxy) is 2. The van der Waals surface area contributed by atoms with E-state index in [4.69, 9.17) is 20.3 Å². The molecule has 0 fully saturated rings. The van der Waals surface area contributed by atoms with Crippen LogP contribution in [-0.2, 0) is 19.1 Å². The van der Waals surface area contributed by atoms with E-state index in [0.29, 0.717) is 39.1 Å². The molecule has 0 aliphatic rings. The van der Waals surface area contributed by atoms with Gasteiger partial charge in [-0.1, -0.05) is 90.9 Å². The molecule has 0 bridgehead atoms. The highest BCUT2D eigenvalue weighted by Crippen LogP contribution is 2.07. The van der Waals surface area contributed by atoms with Crippen molar-refractivity contribution in [3.63, 3.8) is 0 Å². The zero-order chi connectivity index (χ0) is 27.8. The number of hydrogen-bond donors (Lipinski definition) is 3. The van der Waals surface area contributed by atoms with Gasteiger partial charge in [0.05, 0.1) is 13.2 Å². The van der Waals surface area contributed by atoms with Crippen molar-refractivity contribution in [1.82, 2.24) is 5.32 Å². The zero-order valence-corrected chi connectivity index (χ0v) is 24.0. The standard InChI is InChI=1S/C15H29NO4.C14H29NO2/c1-2-3-4-5-6-10-13-20-14(17)11-8-7-9-12-16-15(18)19;1-2-3-4-5-6-10-13-17-14(16)11-8-7-9-12-15/h16H,2-13H2,1H3,(H,18,19);2-13,15H2,1H3. The molecular weight excluding hydrogens is 472 g/mol. The van der Waals surface area contributed by atoms with Gasteiger partial charge in [-0.3, -0.25) is 9.59 Å². The molecule has 0 spiro atoms. The molecule has 0 aliphatic carbocycles. The number of unbranched alkanes of at least 4 members (excludes halogenated alkanes) is 14. The van der Waals surface area contributed by atoms with Crippen molar-refractivity contribution in [2.75, 3.05) is 26.3 Å². The van der Waals surface area contributed by atoms with E-state index in [1.165, 1.54) is 57.8 Å². The largest absolute Gasteiger partial charge is 0.466 e. The highest BCUT2D eigenvalue weighted by atomic mass is 16.5. The number of hydrogen-bond acceptors (Lipinski definition) is 6. The number of carbonyl (C=O) groups is 3. The predicted octanol–water partition coefficient (Wildman–Crippen LogP) is 7.13. The van der Waals surface area contributed by atoms with Crippen LogP contribution in [0.1, 0.15) is 142 Å². The van der Waals surface area contributed by atoms with Crippen LogP contribution in [0, 0.1) is 0 Å². The molecule has 0 atom stereocenters. The fraction of sp³-hybridized carbons (Fsp3) is 0.897. The lowest BCUT2D eigenvalue weighted by Gasteiger charge is -2.05. The quantitative estimate of drug-likeness (QED) is 0.0846. The molecule has 8 nitrogen and oxygen atoms in total. The molecule has 0 saturated heterocycles. The van der Waals surface area contributed by atoms with Crippen LogP contribution in [0.5, 0.6) is 0 Å². The number of nitrogens with one attached hydrogen (secondary N) is 1. The second kappa shape index (κ2) is 32.2. The van der Waals surface area contributed by atoms with Crippen molar-refractivity contribution in [1.29, 1.82) is 0 Å². The van der Waals surface area contributed by atoms with E-state index in [9.17, 15) is 14.4 Å². The van der Waals surface area contributed by atoms with E-state index in [0.717, 1.165) is 57.8 Å². The molecule has 0 unspecified atom stereocenters. The molecule has 0 aromatic carbocycles. The van der Waals surface area contributed by atoms with Crippen LogP contribution in [0.25, 0.3) is 0 Å². The molecule has 0 radical (unpaired) electrons. The van der Waals surface area contributed by atoms with Crippen LogP contribution in [0.3, 0.4) is 0 Å². The van der Waals surface area contributed by atoms with Gasteiger partial charge in [0, 0.05) is 19.4 Å². The Balaban J connectivity index is 0. The van der Waals surface area contributed by atoms with E-state index in [2.05, 4.69) is 19.2 Å². The van der Waals surface area contributed by atoms with E-state index in [1.807, 2.05) is 0 Å². The van der Waals surface area contributed by atoms with Gasteiger partial charge >= 0.3 is 18.0 Å². The first-order valence-electron chi connectivity index (χ1n) is 15.0. The summed E-state index contributed by atoms with van der Waals surface area (Å²) in [5.74, 6) is -0.180. The minimum Gasteiger partial charge on any atom is -0.466 e. The van der Waals surface area contributed by atoms with Crippen LogP contribution in [0.4, 0.5) is 4.79 Å². The smallest absolute Gasteiger partial charge is 0.404 e. The predicted molar refractivity (Wildman–Crippen MR) is 151 cm³/mol. The lowest BCUT2D eigenvalue weighted by Crippen LogP contribution is -2.21. The van der Waals surface area contributed by atoms with Crippen LogP contribution in [-0.4, -0.2) is 49.4 Å². The molecular formula is C29H58N2O6. The van der Waals surface area contributed by atoms with Crippen molar-refractivity contribution in [2.45, 2.75) is 142 Å². The summed E-state index contributed by atoms with van der Waals surface area (Å²) in [4.78, 5) is 32.9. The summed E-state index contributed by atoms with van der Waals surface area (Å²) < 4.78 is 10.3. The molecule has 0 heterocycles. The van der Waals surface area contributed by atoms with Gasteiger partial charge in [0.25, 0.3) is 0 Å².